The van der Waals surface area contributed by atoms with Crippen molar-refractivity contribution < 1.29 is 14.3 Å². The molecular formula is C26H26N4O3S. The van der Waals surface area contributed by atoms with E-state index in [4.69, 9.17) is 4.74 Å². The molecule has 0 unspecified atom stereocenters. The highest BCUT2D eigenvalue weighted by Crippen LogP contribution is 2.37. The summed E-state index contributed by atoms with van der Waals surface area (Å²) in [4.78, 5) is 32.2. The summed E-state index contributed by atoms with van der Waals surface area (Å²) in [5.74, 6) is 0.688. The average Bonchev–Trinajstić information content (AvgIpc) is 3.20. The van der Waals surface area contributed by atoms with Gasteiger partial charge in [0.2, 0.25) is 11.8 Å². The fourth-order valence-corrected chi connectivity index (χ4v) is 5.28. The number of ether oxygens (including phenoxy) is 1. The lowest BCUT2D eigenvalue weighted by atomic mass is 10.0. The molecule has 0 fully saturated rings. The summed E-state index contributed by atoms with van der Waals surface area (Å²) in [5, 5.41) is 13.3. The molecule has 0 spiro atoms. The summed E-state index contributed by atoms with van der Waals surface area (Å²) in [6, 6.07) is 13.6. The van der Waals surface area contributed by atoms with E-state index in [1.807, 2.05) is 48.2 Å². The number of amides is 2. The van der Waals surface area contributed by atoms with Gasteiger partial charge in [0, 0.05) is 30.2 Å². The summed E-state index contributed by atoms with van der Waals surface area (Å²) in [6.45, 7) is 3.51. The number of thiophene rings is 1. The molecule has 0 saturated carbocycles. The number of nitriles is 1. The molecule has 1 N–H and O–H groups in total. The number of nitrogens with one attached hydrogen (secondary N) is 1. The predicted octanol–water partition coefficient (Wildman–Crippen LogP) is 4.11. The Morgan fingerprint density at radius 2 is 2.03 bits per heavy atom. The van der Waals surface area contributed by atoms with Crippen molar-refractivity contribution in [2.75, 3.05) is 18.5 Å². The lowest BCUT2D eigenvalue weighted by Crippen LogP contribution is -2.36. The number of para-hydroxylation sites is 1. The van der Waals surface area contributed by atoms with E-state index < -0.39 is 0 Å². The minimum atomic E-state index is -0.146. The molecule has 7 nitrogen and oxygen atoms in total. The second-order valence-corrected chi connectivity index (χ2v) is 9.11. The van der Waals surface area contributed by atoms with Gasteiger partial charge in [-0.15, -0.1) is 11.3 Å². The third-order valence-corrected chi connectivity index (χ3v) is 6.91. The van der Waals surface area contributed by atoms with E-state index in [9.17, 15) is 14.9 Å². The van der Waals surface area contributed by atoms with E-state index in [-0.39, 0.29) is 18.2 Å². The quantitative estimate of drug-likeness (QED) is 0.530. The topological polar surface area (TPSA) is 95.3 Å². The highest BCUT2D eigenvalue weighted by molar-refractivity contribution is 7.16. The van der Waals surface area contributed by atoms with E-state index >= 15 is 0 Å². The molecule has 1 aliphatic rings. The molecule has 4 rings (SSSR count). The fourth-order valence-electron chi connectivity index (χ4n) is 4.05. The van der Waals surface area contributed by atoms with Crippen LogP contribution in [0.1, 0.15) is 40.5 Å². The largest absolute Gasteiger partial charge is 0.494 e. The van der Waals surface area contributed by atoms with Gasteiger partial charge in [0.05, 0.1) is 25.1 Å². The number of pyridine rings is 1. The summed E-state index contributed by atoms with van der Waals surface area (Å²) < 4.78 is 5.64. The van der Waals surface area contributed by atoms with Gasteiger partial charge in [-0.05, 0) is 54.7 Å². The lowest BCUT2D eigenvalue weighted by Gasteiger charge is -2.27. The number of aromatic nitrogens is 1. The molecule has 0 radical (unpaired) electrons. The van der Waals surface area contributed by atoms with Crippen molar-refractivity contribution in [3.63, 3.8) is 0 Å². The Morgan fingerprint density at radius 3 is 2.79 bits per heavy atom. The average molecular weight is 475 g/mol. The summed E-state index contributed by atoms with van der Waals surface area (Å²) >= 11 is 1.39. The van der Waals surface area contributed by atoms with E-state index in [2.05, 4.69) is 16.4 Å². The maximum Gasteiger partial charge on any atom is 0.227 e. The van der Waals surface area contributed by atoms with Crippen LogP contribution in [0.5, 0.6) is 5.75 Å². The van der Waals surface area contributed by atoms with E-state index in [0.29, 0.717) is 49.5 Å². The minimum absolute atomic E-state index is 0.0438. The first-order valence-electron chi connectivity index (χ1n) is 11.3. The Bertz CT molecular complexity index is 1220. The number of carbonyl (C=O) groups is 2. The first-order chi connectivity index (χ1) is 16.6. The molecular weight excluding hydrogens is 448 g/mol. The molecule has 0 bridgehead atoms. The van der Waals surface area contributed by atoms with Gasteiger partial charge in [-0.25, -0.2) is 0 Å². The van der Waals surface area contributed by atoms with E-state index in [1.54, 1.807) is 12.4 Å². The number of hydrogen-bond donors (Lipinski definition) is 1. The smallest absolute Gasteiger partial charge is 0.227 e. The highest BCUT2D eigenvalue weighted by atomic mass is 32.1. The highest BCUT2D eigenvalue weighted by Gasteiger charge is 2.27. The molecule has 0 atom stereocenters. The minimum Gasteiger partial charge on any atom is -0.494 e. The number of fused-ring (bicyclic) bond motifs is 1. The van der Waals surface area contributed by atoms with Crippen LogP contribution in [0, 0.1) is 11.3 Å². The third-order valence-electron chi connectivity index (χ3n) is 5.77. The summed E-state index contributed by atoms with van der Waals surface area (Å²) in [5.41, 5.74) is 3.36. The number of carbonyl (C=O) groups excluding carboxylic acids is 2. The van der Waals surface area contributed by atoms with Gasteiger partial charge in [-0.1, -0.05) is 18.2 Å². The first-order valence-corrected chi connectivity index (χ1v) is 12.1. The van der Waals surface area contributed by atoms with Crippen molar-refractivity contribution >= 4 is 28.2 Å². The van der Waals surface area contributed by atoms with Crippen molar-refractivity contribution in [2.24, 2.45) is 0 Å². The van der Waals surface area contributed by atoms with Crippen LogP contribution < -0.4 is 10.1 Å². The maximum absolute atomic E-state index is 12.8. The molecule has 3 heterocycles. The zero-order chi connectivity index (χ0) is 23.9. The first kappa shape index (κ1) is 23.5. The Balaban J connectivity index is 1.40. The van der Waals surface area contributed by atoms with Crippen LogP contribution in [0.25, 0.3) is 0 Å². The Kier molecular flexibility index (Phi) is 7.55. The zero-order valence-corrected chi connectivity index (χ0v) is 19.9. The Labute approximate surface area is 203 Å². The van der Waals surface area contributed by atoms with Gasteiger partial charge < -0.3 is 15.0 Å². The molecule has 1 aromatic carbocycles. The third kappa shape index (κ3) is 5.43. The number of rotatable bonds is 8. The van der Waals surface area contributed by atoms with Crippen LogP contribution in [0.3, 0.4) is 0 Å². The van der Waals surface area contributed by atoms with Crippen LogP contribution in [0.15, 0.2) is 48.8 Å². The van der Waals surface area contributed by atoms with Crippen molar-refractivity contribution in [1.29, 1.82) is 5.26 Å². The van der Waals surface area contributed by atoms with Gasteiger partial charge in [0.1, 0.15) is 16.8 Å². The van der Waals surface area contributed by atoms with Gasteiger partial charge >= 0.3 is 0 Å². The predicted molar refractivity (Wildman–Crippen MR) is 131 cm³/mol. The number of nitrogens with zero attached hydrogens (tertiary/aromatic N) is 3. The SMILES string of the molecule is CCOc1ccccc1CCC(=O)Nc1sc2c(c1C#N)CCN(C(=O)Cc1ccncc1)C2. The molecule has 174 valence electrons. The van der Waals surface area contributed by atoms with Crippen LogP contribution in [-0.4, -0.2) is 34.8 Å². The molecule has 2 amide bonds. The van der Waals surface area contributed by atoms with Crippen LogP contribution in [0.4, 0.5) is 5.00 Å². The number of anilines is 1. The summed E-state index contributed by atoms with van der Waals surface area (Å²) in [7, 11) is 0. The Morgan fingerprint density at radius 1 is 1.24 bits per heavy atom. The van der Waals surface area contributed by atoms with Gasteiger partial charge in [0.15, 0.2) is 0 Å². The second kappa shape index (κ2) is 10.9. The zero-order valence-electron chi connectivity index (χ0n) is 19.0. The van der Waals surface area contributed by atoms with Gasteiger partial charge in [0.25, 0.3) is 0 Å². The molecule has 0 aliphatic carbocycles. The van der Waals surface area contributed by atoms with Gasteiger partial charge in [-0.3, -0.25) is 14.6 Å². The molecule has 2 aromatic heterocycles. The van der Waals surface area contributed by atoms with Crippen molar-refractivity contribution in [3.05, 3.63) is 75.9 Å². The number of hydrogen-bond acceptors (Lipinski definition) is 6. The molecule has 8 heteroatoms. The van der Waals surface area contributed by atoms with Crippen LogP contribution >= 0.6 is 11.3 Å². The van der Waals surface area contributed by atoms with Crippen molar-refractivity contribution in [3.8, 4) is 11.8 Å². The summed E-state index contributed by atoms with van der Waals surface area (Å²) in [6.07, 6.45) is 5.12. The molecule has 34 heavy (non-hydrogen) atoms. The molecule has 1 aliphatic heterocycles. The monoisotopic (exact) mass is 474 g/mol. The van der Waals surface area contributed by atoms with E-state index in [1.165, 1.54) is 11.3 Å². The molecule has 0 saturated heterocycles. The number of aryl methyl sites for hydroxylation is 1. The van der Waals surface area contributed by atoms with Crippen molar-refractivity contribution in [2.45, 2.75) is 39.2 Å². The van der Waals surface area contributed by atoms with Gasteiger partial charge in [-0.2, -0.15) is 5.26 Å². The lowest BCUT2D eigenvalue weighted by molar-refractivity contribution is -0.131. The normalized spacial score (nSPS) is 12.5. The fraction of sp³-hybridized carbons (Fsp3) is 0.308. The van der Waals surface area contributed by atoms with Crippen molar-refractivity contribution in [1.82, 2.24) is 9.88 Å². The van der Waals surface area contributed by atoms with Crippen LogP contribution in [0.2, 0.25) is 0 Å². The number of benzene rings is 1. The maximum atomic E-state index is 12.8. The van der Waals surface area contributed by atoms with Crippen LogP contribution in [-0.2, 0) is 35.4 Å². The molecule has 3 aromatic rings. The standard InChI is InChI=1S/C26H26N4O3S/c1-2-33-22-6-4-3-5-19(22)7-8-24(31)29-26-21(16-27)20-11-14-30(17-23(20)34-26)25(32)15-18-9-12-28-13-10-18/h3-6,9-10,12-13H,2,7-8,11,14-15,17H2,1H3,(H,29,31). The van der Waals surface area contributed by atoms with E-state index in [0.717, 1.165) is 27.3 Å². The second-order valence-electron chi connectivity index (χ2n) is 8.01. The Hall–Kier alpha value is -3.70.